The van der Waals surface area contributed by atoms with E-state index >= 15 is 0 Å². The van der Waals surface area contributed by atoms with E-state index in [0.29, 0.717) is 32.0 Å². The van der Waals surface area contributed by atoms with Crippen LogP contribution in [0.5, 0.6) is 0 Å². The minimum Gasteiger partial charge on any atom is -0.316 e. The zero-order valence-corrected chi connectivity index (χ0v) is 18.9. The van der Waals surface area contributed by atoms with Crippen molar-refractivity contribution in [3.8, 4) is 11.3 Å². The number of hydrogen-bond donors (Lipinski definition) is 0. The Bertz CT molecular complexity index is 1120. The summed E-state index contributed by atoms with van der Waals surface area (Å²) in [5.74, 6) is -0.409. The van der Waals surface area contributed by atoms with Crippen LogP contribution in [-0.2, 0) is 13.0 Å². The molecule has 28 heavy (non-hydrogen) atoms. The zero-order valence-electron chi connectivity index (χ0n) is 15.1. The van der Waals surface area contributed by atoms with Crippen molar-refractivity contribution < 1.29 is 4.79 Å². The second kappa shape index (κ2) is 9.02. The van der Waals surface area contributed by atoms with Crippen LogP contribution in [0.15, 0.2) is 41.4 Å². The molecule has 1 aromatic heterocycles. The van der Waals surface area contributed by atoms with Crippen molar-refractivity contribution in [3.05, 3.63) is 71.7 Å². The molecule has 0 bridgehead atoms. The quantitative estimate of drug-likeness (QED) is 0.396. The van der Waals surface area contributed by atoms with Crippen molar-refractivity contribution in [3.63, 3.8) is 0 Å². The zero-order chi connectivity index (χ0) is 20.4. The number of hydrogen-bond acceptors (Lipinski definition) is 2. The van der Waals surface area contributed by atoms with Crippen LogP contribution < -0.4 is 4.80 Å². The molecule has 0 atom stereocenters. The molecule has 0 radical (unpaired) electrons. The second-order valence-corrected chi connectivity index (χ2v) is 8.64. The number of rotatable bonds is 4. The van der Waals surface area contributed by atoms with Gasteiger partial charge in [-0.15, -0.1) is 11.3 Å². The molecule has 0 unspecified atom stereocenters. The molecule has 1 heterocycles. The van der Waals surface area contributed by atoms with Crippen LogP contribution in [0.4, 0.5) is 0 Å². The highest BCUT2D eigenvalue weighted by Crippen LogP contribution is 2.32. The Balaban J connectivity index is 2.16. The molecule has 146 valence electrons. The first-order chi connectivity index (χ1) is 13.3. The fourth-order valence-electron chi connectivity index (χ4n) is 2.85. The average Bonchev–Trinajstić information content (AvgIpc) is 3.01. The van der Waals surface area contributed by atoms with Gasteiger partial charge in [0.05, 0.1) is 26.3 Å². The van der Waals surface area contributed by atoms with Crippen molar-refractivity contribution in [2.75, 3.05) is 0 Å². The summed E-state index contributed by atoms with van der Waals surface area (Å²) in [6.45, 7) is 4.72. The second-order valence-electron chi connectivity index (χ2n) is 5.92. The maximum atomic E-state index is 12.7. The van der Waals surface area contributed by atoms with Crippen LogP contribution in [0, 0.1) is 0 Å². The number of amides is 1. The topological polar surface area (TPSA) is 34.4 Å². The largest absolute Gasteiger partial charge is 0.316 e. The van der Waals surface area contributed by atoms with E-state index in [-0.39, 0.29) is 5.02 Å². The van der Waals surface area contributed by atoms with Crippen molar-refractivity contribution in [2.45, 2.75) is 26.8 Å². The lowest BCUT2D eigenvalue weighted by Gasteiger charge is -2.09. The maximum absolute atomic E-state index is 12.7. The minimum absolute atomic E-state index is 0.279. The first-order valence-electron chi connectivity index (χ1n) is 8.57. The molecular weight excluding hydrogens is 458 g/mol. The molecular formula is C20H16Cl4N2OS. The van der Waals surface area contributed by atoms with Crippen LogP contribution in [0.1, 0.15) is 29.1 Å². The number of aryl methyl sites for hydroxylation is 1. The number of halogens is 4. The Labute approximate surface area is 187 Å². The third-order valence-electron chi connectivity index (χ3n) is 4.17. The molecule has 8 heteroatoms. The van der Waals surface area contributed by atoms with E-state index in [1.165, 1.54) is 17.4 Å². The van der Waals surface area contributed by atoms with Gasteiger partial charge in [0.25, 0.3) is 5.91 Å². The summed E-state index contributed by atoms with van der Waals surface area (Å²) in [6, 6.07) is 10.3. The van der Waals surface area contributed by atoms with E-state index in [1.54, 1.807) is 18.2 Å². The van der Waals surface area contributed by atoms with Gasteiger partial charge < -0.3 is 4.57 Å². The molecule has 0 aliphatic carbocycles. The summed E-state index contributed by atoms with van der Waals surface area (Å²) in [4.78, 5) is 18.8. The minimum atomic E-state index is -0.409. The number of benzene rings is 2. The fraction of sp³-hybridized carbons (Fsp3) is 0.200. The van der Waals surface area contributed by atoms with Gasteiger partial charge in [-0.05, 0) is 43.7 Å². The summed E-state index contributed by atoms with van der Waals surface area (Å²) in [5.41, 5.74) is 2.24. The Morgan fingerprint density at radius 2 is 1.75 bits per heavy atom. The maximum Gasteiger partial charge on any atom is 0.281 e. The lowest BCUT2D eigenvalue weighted by atomic mass is 10.1. The van der Waals surface area contributed by atoms with Crippen molar-refractivity contribution in [1.29, 1.82) is 0 Å². The van der Waals surface area contributed by atoms with Crippen LogP contribution in [0.2, 0.25) is 20.1 Å². The molecule has 3 aromatic rings. The summed E-state index contributed by atoms with van der Waals surface area (Å²) < 4.78 is 2.00. The van der Waals surface area contributed by atoms with Crippen LogP contribution in [0.3, 0.4) is 0 Å². The molecule has 0 aliphatic heterocycles. The first kappa shape index (κ1) is 21.4. The Hall–Kier alpha value is -1.30. The normalized spacial score (nSPS) is 11.9. The van der Waals surface area contributed by atoms with Gasteiger partial charge in [0, 0.05) is 22.0 Å². The molecule has 0 saturated carbocycles. The van der Waals surface area contributed by atoms with E-state index in [0.717, 1.165) is 22.6 Å². The average molecular weight is 474 g/mol. The number of thiazole rings is 1. The van der Waals surface area contributed by atoms with Gasteiger partial charge >= 0.3 is 0 Å². The molecule has 0 saturated heterocycles. The Kier molecular flexibility index (Phi) is 6.89. The number of aromatic nitrogens is 1. The van der Waals surface area contributed by atoms with Crippen molar-refractivity contribution in [2.24, 2.45) is 4.99 Å². The van der Waals surface area contributed by atoms with E-state index in [1.807, 2.05) is 23.6 Å². The SMILES string of the molecule is CCc1sc(=NC(=O)c2ccc(Cl)cc2Cl)n(CC)c1-c1ccc(Cl)c(Cl)c1. The predicted molar refractivity (Wildman–Crippen MR) is 119 cm³/mol. The third kappa shape index (κ3) is 4.32. The summed E-state index contributed by atoms with van der Waals surface area (Å²) >= 11 is 25.8. The molecule has 0 spiro atoms. The first-order valence-corrected chi connectivity index (χ1v) is 10.9. The molecule has 0 aliphatic rings. The van der Waals surface area contributed by atoms with Gasteiger partial charge in [-0.1, -0.05) is 59.4 Å². The monoisotopic (exact) mass is 472 g/mol. The standard InChI is InChI=1S/C20H16Cl4N2OS/c1-3-17-18(11-5-8-14(22)16(24)9-11)26(4-2)20(28-17)25-19(27)13-7-6-12(21)10-15(13)23/h5-10H,3-4H2,1-2H3. The molecule has 0 fully saturated rings. The molecule has 3 rings (SSSR count). The molecule has 2 aromatic carbocycles. The highest BCUT2D eigenvalue weighted by molar-refractivity contribution is 7.09. The van der Waals surface area contributed by atoms with E-state index in [4.69, 9.17) is 46.4 Å². The van der Waals surface area contributed by atoms with Crippen LogP contribution in [0.25, 0.3) is 11.3 Å². The third-order valence-corrected chi connectivity index (χ3v) is 6.68. The number of nitrogens with zero attached hydrogens (tertiary/aromatic N) is 2. The lowest BCUT2D eigenvalue weighted by Crippen LogP contribution is -2.17. The number of carbonyl (C=O) groups is 1. The van der Waals surface area contributed by atoms with Gasteiger partial charge in [-0.2, -0.15) is 4.99 Å². The molecule has 3 nitrogen and oxygen atoms in total. The van der Waals surface area contributed by atoms with Gasteiger partial charge in [0.15, 0.2) is 4.80 Å². The Morgan fingerprint density at radius 3 is 2.36 bits per heavy atom. The summed E-state index contributed by atoms with van der Waals surface area (Å²) in [5, 5.41) is 1.73. The highest BCUT2D eigenvalue weighted by atomic mass is 35.5. The van der Waals surface area contributed by atoms with E-state index in [2.05, 4.69) is 11.9 Å². The predicted octanol–water partition coefficient (Wildman–Crippen LogP) is 7.15. The van der Waals surface area contributed by atoms with Crippen molar-refractivity contribution >= 4 is 63.6 Å². The van der Waals surface area contributed by atoms with Crippen LogP contribution in [-0.4, -0.2) is 10.5 Å². The molecule has 0 N–H and O–H groups in total. The van der Waals surface area contributed by atoms with Gasteiger partial charge in [-0.3, -0.25) is 4.79 Å². The van der Waals surface area contributed by atoms with Gasteiger partial charge in [0.1, 0.15) is 0 Å². The van der Waals surface area contributed by atoms with Crippen LogP contribution >= 0.6 is 57.7 Å². The van der Waals surface area contributed by atoms with Gasteiger partial charge in [0.2, 0.25) is 0 Å². The highest BCUT2D eigenvalue weighted by Gasteiger charge is 2.17. The summed E-state index contributed by atoms with van der Waals surface area (Å²) in [6.07, 6.45) is 0.797. The number of carbonyl (C=O) groups excluding carboxylic acids is 1. The van der Waals surface area contributed by atoms with E-state index < -0.39 is 5.91 Å². The van der Waals surface area contributed by atoms with Crippen molar-refractivity contribution in [1.82, 2.24) is 4.57 Å². The summed E-state index contributed by atoms with van der Waals surface area (Å²) in [7, 11) is 0. The Morgan fingerprint density at radius 1 is 1.00 bits per heavy atom. The lowest BCUT2D eigenvalue weighted by molar-refractivity contribution is 0.0998. The van der Waals surface area contributed by atoms with Gasteiger partial charge in [-0.25, -0.2) is 0 Å². The smallest absolute Gasteiger partial charge is 0.281 e. The van der Waals surface area contributed by atoms with E-state index in [9.17, 15) is 4.79 Å². The fourth-order valence-corrected chi connectivity index (χ4v) is 4.78. The molecule has 1 amide bonds.